The Morgan fingerprint density at radius 3 is 2.87 bits per heavy atom. The number of nitrogens with one attached hydrogen (secondary N) is 1. The zero-order valence-corrected chi connectivity index (χ0v) is 10.4. The van der Waals surface area contributed by atoms with Crippen LogP contribution in [0.1, 0.15) is 44.1 Å². The molecule has 86 valence electrons. The fourth-order valence-electron chi connectivity index (χ4n) is 1.52. The van der Waals surface area contributed by atoms with Crippen LogP contribution in [0.3, 0.4) is 0 Å². The normalized spacial score (nSPS) is 15.1. The molecule has 0 radical (unpaired) electrons. The van der Waals surface area contributed by atoms with Crippen LogP contribution in [0, 0.1) is 0 Å². The van der Waals surface area contributed by atoms with Crippen LogP contribution in [0.4, 0.5) is 0 Å². The van der Waals surface area contributed by atoms with E-state index in [0.717, 1.165) is 11.4 Å². The van der Waals surface area contributed by atoms with Crippen molar-refractivity contribution in [2.45, 2.75) is 45.3 Å². The van der Waals surface area contributed by atoms with Gasteiger partial charge in [0.05, 0.1) is 0 Å². The number of unbranched alkanes of at least 4 members (excludes halogenated alkanes) is 2. The molecule has 0 amide bonds. The molecule has 2 atom stereocenters. The molecular formula is C12H21NOS. The molecule has 1 aromatic heterocycles. The lowest BCUT2D eigenvalue weighted by Gasteiger charge is -2.19. The van der Waals surface area contributed by atoms with Crippen LogP contribution in [-0.4, -0.2) is 17.7 Å². The van der Waals surface area contributed by atoms with Crippen molar-refractivity contribution in [3.8, 4) is 0 Å². The monoisotopic (exact) mass is 227 g/mol. The highest BCUT2D eigenvalue weighted by molar-refractivity contribution is 7.10. The predicted molar refractivity (Wildman–Crippen MR) is 66.3 cm³/mol. The van der Waals surface area contributed by atoms with Gasteiger partial charge in [0.1, 0.15) is 6.10 Å². The van der Waals surface area contributed by atoms with Crippen molar-refractivity contribution in [2.75, 3.05) is 6.54 Å². The molecule has 3 heteroatoms. The lowest BCUT2D eigenvalue weighted by molar-refractivity contribution is 0.139. The zero-order valence-electron chi connectivity index (χ0n) is 9.57. The summed E-state index contributed by atoms with van der Waals surface area (Å²) in [5.74, 6) is 0. The quantitative estimate of drug-likeness (QED) is 0.702. The van der Waals surface area contributed by atoms with Gasteiger partial charge < -0.3 is 10.4 Å². The summed E-state index contributed by atoms with van der Waals surface area (Å²) in [7, 11) is 0. The van der Waals surface area contributed by atoms with Gasteiger partial charge in [0, 0.05) is 10.9 Å². The molecule has 0 fully saturated rings. The molecule has 1 rings (SSSR count). The Balaban J connectivity index is 2.24. The van der Waals surface area contributed by atoms with Crippen LogP contribution in [0.15, 0.2) is 17.5 Å². The highest BCUT2D eigenvalue weighted by atomic mass is 32.1. The SMILES string of the molecule is CCCCCNC(C)C(O)c1cccs1. The molecule has 0 spiro atoms. The van der Waals surface area contributed by atoms with Crippen LogP contribution in [0.5, 0.6) is 0 Å². The molecule has 0 aliphatic carbocycles. The van der Waals surface area contributed by atoms with Gasteiger partial charge in [0.25, 0.3) is 0 Å². The molecule has 2 N–H and O–H groups in total. The van der Waals surface area contributed by atoms with Gasteiger partial charge in [-0.25, -0.2) is 0 Å². The van der Waals surface area contributed by atoms with Gasteiger partial charge in [-0.2, -0.15) is 0 Å². The van der Waals surface area contributed by atoms with Gasteiger partial charge in [-0.05, 0) is 31.3 Å². The van der Waals surface area contributed by atoms with Crippen LogP contribution in [-0.2, 0) is 0 Å². The third-order valence-electron chi connectivity index (χ3n) is 2.55. The molecule has 0 aromatic carbocycles. The van der Waals surface area contributed by atoms with Crippen molar-refractivity contribution < 1.29 is 5.11 Å². The van der Waals surface area contributed by atoms with E-state index in [4.69, 9.17) is 0 Å². The van der Waals surface area contributed by atoms with E-state index >= 15 is 0 Å². The second-order valence-corrected chi connectivity index (χ2v) is 4.89. The number of aliphatic hydroxyl groups is 1. The van der Waals surface area contributed by atoms with Crippen LogP contribution < -0.4 is 5.32 Å². The summed E-state index contributed by atoms with van der Waals surface area (Å²) in [6.45, 7) is 5.23. The van der Waals surface area contributed by atoms with Crippen molar-refractivity contribution in [3.05, 3.63) is 22.4 Å². The zero-order chi connectivity index (χ0) is 11.1. The summed E-state index contributed by atoms with van der Waals surface area (Å²) in [5.41, 5.74) is 0. The Hall–Kier alpha value is -0.380. The number of aliphatic hydroxyl groups excluding tert-OH is 1. The van der Waals surface area contributed by atoms with Gasteiger partial charge in [-0.3, -0.25) is 0 Å². The van der Waals surface area contributed by atoms with Gasteiger partial charge in [-0.15, -0.1) is 11.3 Å². The molecule has 0 aliphatic heterocycles. The van der Waals surface area contributed by atoms with E-state index in [1.807, 2.05) is 24.4 Å². The first kappa shape index (κ1) is 12.7. The van der Waals surface area contributed by atoms with E-state index < -0.39 is 0 Å². The van der Waals surface area contributed by atoms with Gasteiger partial charge >= 0.3 is 0 Å². The summed E-state index contributed by atoms with van der Waals surface area (Å²) in [4.78, 5) is 1.05. The minimum atomic E-state index is -0.369. The molecule has 2 unspecified atom stereocenters. The Kier molecular flexibility index (Phi) is 5.91. The minimum absolute atomic E-state index is 0.139. The standard InChI is InChI=1S/C12H21NOS/c1-3-4-5-8-13-10(2)12(14)11-7-6-9-15-11/h6-7,9-10,12-14H,3-5,8H2,1-2H3. The van der Waals surface area contributed by atoms with Crippen molar-refractivity contribution in [1.82, 2.24) is 5.32 Å². The Morgan fingerprint density at radius 2 is 2.27 bits per heavy atom. The number of hydrogen-bond acceptors (Lipinski definition) is 3. The summed E-state index contributed by atoms with van der Waals surface area (Å²) >= 11 is 1.61. The molecule has 1 heterocycles. The highest BCUT2D eigenvalue weighted by Gasteiger charge is 2.15. The van der Waals surface area contributed by atoms with Gasteiger partial charge in [-0.1, -0.05) is 25.8 Å². The third kappa shape index (κ3) is 4.33. The Bertz CT molecular complexity index is 248. The van der Waals surface area contributed by atoms with Crippen LogP contribution >= 0.6 is 11.3 Å². The smallest absolute Gasteiger partial charge is 0.103 e. The van der Waals surface area contributed by atoms with Gasteiger partial charge in [0.2, 0.25) is 0 Å². The maximum Gasteiger partial charge on any atom is 0.103 e. The van der Waals surface area contributed by atoms with Crippen molar-refractivity contribution >= 4 is 11.3 Å². The maximum atomic E-state index is 9.98. The Morgan fingerprint density at radius 1 is 1.47 bits per heavy atom. The second kappa shape index (κ2) is 6.99. The first-order valence-electron chi connectivity index (χ1n) is 5.70. The minimum Gasteiger partial charge on any atom is -0.386 e. The summed E-state index contributed by atoms with van der Waals surface area (Å²) in [5, 5.41) is 15.3. The molecule has 2 nitrogen and oxygen atoms in total. The van der Waals surface area contributed by atoms with Gasteiger partial charge in [0.15, 0.2) is 0 Å². The van der Waals surface area contributed by atoms with Crippen LogP contribution in [0.25, 0.3) is 0 Å². The number of rotatable bonds is 7. The first-order valence-corrected chi connectivity index (χ1v) is 6.58. The van der Waals surface area contributed by atoms with E-state index in [9.17, 15) is 5.11 Å². The maximum absolute atomic E-state index is 9.98. The lowest BCUT2D eigenvalue weighted by Crippen LogP contribution is -2.32. The molecule has 1 aromatic rings. The fourth-order valence-corrected chi connectivity index (χ4v) is 2.34. The van der Waals surface area contributed by atoms with E-state index in [2.05, 4.69) is 12.2 Å². The predicted octanol–water partition coefficient (Wildman–Crippen LogP) is 2.95. The number of hydrogen-bond donors (Lipinski definition) is 2. The Labute approximate surface area is 96.3 Å². The second-order valence-electron chi connectivity index (χ2n) is 3.91. The average Bonchev–Trinajstić information content (AvgIpc) is 2.76. The molecule has 0 aliphatic rings. The van der Waals surface area contributed by atoms with E-state index in [1.54, 1.807) is 11.3 Å². The van der Waals surface area contributed by atoms with E-state index in [0.29, 0.717) is 0 Å². The molecule has 0 saturated carbocycles. The van der Waals surface area contributed by atoms with E-state index in [1.165, 1.54) is 19.3 Å². The fraction of sp³-hybridized carbons (Fsp3) is 0.667. The van der Waals surface area contributed by atoms with E-state index in [-0.39, 0.29) is 12.1 Å². The van der Waals surface area contributed by atoms with Crippen LogP contribution in [0.2, 0.25) is 0 Å². The largest absolute Gasteiger partial charge is 0.386 e. The number of thiophene rings is 1. The lowest BCUT2D eigenvalue weighted by atomic mass is 10.1. The summed E-state index contributed by atoms with van der Waals surface area (Å²) < 4.78 is 0. The van der Waals surface area contributed by atoms with Crippen molar-refractivity contribution in [3.63, 3.8) is 0 Å². The molecule has 15 heavy (non-hydrogen) atoms. The summed E-state index contributed by atoms with van der Waals surface area (Å²) in [6.07, 6.45) is 3.32. The van der Waals surface area contributed by atoms with Crippen molar-refractivity contribution in [2.24, 2.45) is 0 Å². The highest BCUT2D eigenvalue weighted by Crippen LogP contribution is 2.21. The molecule has 0 saturated heterocycles. The molecular weight excluding hydrogens is 206 g/mol. The van der Waals surface area contributed by atoms with Crippen molar-refractivity contribution in [1.29, 1.82) is 0 Å². The average molecular weight is 227 g/mol. The third-order valence-corrected chi connectivity index (χ3v) is 3.50. The molecule has 0 bridgehead atoms. The summed E-state index contributed by atoms with van der Waals surface area (Å²) in [6, 6.07) is 4.10. The first-order chi connectivity index (χ1) is 7.25. The topological polar surface area (TPSA) is 32.3 Å².